The molecule has 0 spiro atoms. The first-order valence-electron chi connectivity index (χ1n) is 8.64. The van der Waals surface area contributed by atoms with Crippen LogP contribution in [-0.4, -0.2) is 52.7 Å². The SMILES string of the molecule is Cc1cc(C(=O)O)cc(Cl)c1OC[C@H]1COC(C)(C)N1C(=O)OC(C)(C)C. The lowest BCUT2D eigenvalue weighted by atomic mass is 10.1. The summed E-state index contributed by atoms with van der Waals surface area (Å²) in [5, 5.41) is 9.30. The highest BCUT2D eigenvalue weighted by molar-refractivity contribution is 6.32. The number of hydrogen-bond acceptors (Lipinski definition) is 5. The average molecular weight is 400 g/mol. The zero-order valence-corrected chi connectivity index (χ0v) is 17.2. The van der Waals surface area contributed by atoms with Crippen LogP contribution in [0.15, 0.2) is 12.1 Å². The first-order valence-corrected chi connectivity index (χ1v) is 9.02. The number of carbonyl (C=O) groups is 2. The monoisotopic (exact) mass is 399 g/mol. The summed E-state index contributed by atoms with van der Waals surface area (Å²) in [6.07, 6.45) is -0.484. The maximum absolute atomic E-state index is 12.6. The topological polar surface area (TPSA) is 85.3 Å². The minimum atomic E-state index is -1.06. The van der Waals surface area contributed by atoms with E-state index in [1.807, 2.05) is 0 Å². The lowest BCUT2D eigenvalue weighted by Gasteiger charge is -2.35. The highest BCUT2D eigenvalue weighted by Gasteiger charge is 2.46. The Bertz CT molecular complexity index is 717. The van der Waals surface area contributed by atoms with Crippen molar-refractivity contribution >= 4 is 23.7 Å². The number of rotatable bonds is 4. The predicted molar refractivity (Wildman–Crippen MR) is 101 cm³/mol. The van der Waals surface area contributed by atoms with E-state index in [1.54, 1.807) is 41.5 Å². The van der Waals surface area contributed by atoms with E-state index in [0.717, 1.165) is 0 Å². The quantitative estimate of drug-likeness (QED) is 0.820. The summed E-state index contributed by atoms with van der Waals surface area (Å²) in [5.41, 5.74) is -0.775. The Balaban J connectivity index is 2.17. The number of halogens is 1. The number of carboxylic acids is 1. The molecule has 1 saturated heterocycles. The molecule has 1 atom stereocenters. The van der Waals surface area contributed by atoms with E-state index in [-0.39, 0.29) is 29.8 Å². The third kappa shape index (κ3) is 5.05. The van der Waals surface area contributed by atoms with Crippen LogP contribution in [0.3, 0.4) is 0 Å². The predicted octanol–water partition coefficient (Wildman–Crippen LogP) is 4.10. The number of benzene rings is 1. The molecule has 1 amide bonds. The Hall–Kier alpha value is -1.99. The maximum Gasteiger partial charge on any atom is 0.413 e. The number of carboxylic acid groups (broad SMARTS) is 1. The van der Waals surface area contributed by atoms with Crippen molar-refractivity contribution in [2.24, 2.45) is 0 Å². The van der Waals surface area contributed by atoms with E-state index >= 15 is 0 Å². The van der Waals surface area contributed by atoms with E-state index in [2.05, 4.69) is 0 Å². The molecule has 0 radical (unpaired) electrons. The Kier molecular flexibility index (Phi) is 5.97. The van der Waals surface area contributed by atoms with Crippen LogP contribution >= 0.6 is 11.6 Å². The molecule has 27 heavy (non-hydrogen) atoms. The van der Waals surface area contributed by atoms with Crippen LogP contribution in [-0.2, 0) is 9.47 Å². The smallest absolute Gasteiger partial charge is 0.413 e. The van der Waals surface area contributed by atoms with Crippen LogP contribution in [0, 0.1) is 6.92 Å². The van der Waals surface area contributed by atoms with Crippen molar-refractivity contribution in [3.05, 3.63) is 28.3 Å². The molecule has 1 aliphatic rings. The zero-order chi connectivity index (χ0) is 20.6. The number of amides is 1. The second kappa shape index (κ2) is 7.56. The van der Waals surface area contributed by atoms with Gasteiger partial charge in [-0.05, 0) is 59.2 Å². The Labute approximate surface area is 164 Å². The highest BCUT2D eigenvalue weighted by atomic mass is 35.5. The van der Waals surface area contributed by atoms with E-state index in [4.69, 9.17) is 30.9 Å². The number of nitrogens with zero attached hydrogens (tertiary/aromatic N) is 1. The van der Waals surface area contributed by atoms with Crippen molar-refractivity contribution in [2.45, 2.75) is 58.9 Å². The van der Waals surface area contributed by atoms with Crippen LogP contribution in [0.25, 0.3) is 0 Å². The summed E-state index contributed by atoms with van der Waals surface area (Å²) < 4.78 is 17.1. The number of carbonyl (C=O) groups excluding carboxylic acids is 1. The molecule has 1 aromatic carbocycles. The molecule has 1 N–H and O–H groups in total. The Morgan fingerprint density at radius 1 is 1.37 bits per heavy atom. The van der Waals surface area contributed by atoms with Crippen molar-refractivity contribution in [2.75, 3.05) is 13.2 Å². The van der Waals surface area contributed by atoms with Gasteiger partial charge < -0.3 is 19.3 Å². The molecule has 1 fully saturated rings. The van der Waals surface area contributed by atoms with Gasteiger partial charge in [-0.2, -0.15) is 0 Å². The molecule has 0 unspecified atom stereocenters. The van der Waals surface area contributed by atoms with Crippen LogP contribution in [0.4, 0.5) is 4.79 Å². The van der Waals surface area contributed by atoms with Gasteiger partial charge in [0, 0.05) is 0 Å². The minimum absolute atomic E-state index is 0.0885. The average Bonchev–Trinajstić information content (AvgIpc) is 2.79. The maximum atomic E-state index is 12.6. The van der Waals surface area contributed by atoms with Crippen molar-refractivity contribution in [3.63, 3.8) is 0 Å². The van der Waals surface area contributed by atoms with Gasteiger partial charge in [0.15, 0.2) is 0 Å². The second-order valence-corrected chi connectivity index (χ2v) is 8.39. The third-order valence-electron chi connectivity index (χ3n) is 4.06. The number of ether oxygens (including phenoxy) is 3. The fraction of sp³-hybridized carbons (Fsp3) is 0.579. The number of aryl methyl sites for hydroxylation is 1. The lowest BCUT2D eigenvalue weighted by Crippen LogP contribution is -2.51. The van der Waals surface area contributed by atoms with Gasteiger partial charge in [0.25, 0.3) is 0 Å². The molecule has 1 aliphatic heterocycles. The summed E-state index contributed by atoms with van der Waals surface area (Å²) in [6.45, 7) is 11.1. The van der Waals surface area contributed by atoms with Gasteiger partial charge in [-0.25, -0.2) is 9.59 Å². The largest absolute Gasteiger partial charge is 0.490 e. The van der Waals surface area contributed by atoms with Crippen molar-refractivity contribution < 1.29 is 28.9 Å². The molecule has 1 aromatic rings. The number of hydrogen-bond donors (Lipinski definition) is 1. The molecule has 7 nitrogen and oxygen atoms in total. The molecule has 150 valence electrons. The van der Waals surface area contributed by atoms with Crippen LogP contribution in [0.1, 0.15) is 50.5 Å². The fourth-order valence-electron chi connectivity index (χ4n) is 2.90. The van der Waals surface area contributed by atoms with Crippen molar-refractivity contribution in [1.82, 2.24) is 4.90 Å². The van der Waals surface area contributed by atoms with Gasteiger partial charge >= 0.3 is 12.1 Å². The highest BCUT2D eigenvalue weighted by Crippen LogP contribution is 2.33. The molecule has 0 saturated carbocycles. The molecular weight excluding hydrogens is 374 g/mol. The normalized spacial score (nSPS) is 19.1. The van der Waals surface area contributed by atoms with Crippen LogP contribution < -0.4 is 4.74 Å². The van der Waals surface area contributed by atoms with Gasteiger partial charge in [-0.3, -0.25) is 4.90 Å². The Morgan fingerprint density at radius 3 is 2.52 bits per heavy atom. The summed E-state index contributed by atoms with van der Waals surface area (Å²) in [5.74, 6) is -0.677. The number of aromatic carboxylic acids is 1. The molecule has 2 rings (SSSR count). The third-order valence-corrected chi connectivity index (χ3v) is 4.34. The lowest BCUT2D eigenvalue weighted by molar-refractivity contribution is -0.0637. The molecule has 1 heterocycles. The van der Waals surface area contributed by atoms with E-state index < -0.39 is 23.4 Å². The molecular formula is C19H26ClNO6. The standard InChI is InChI=1S/C19H26ClNO6/c1-11-7-12(16(22)23)8-14(20)15(11)25-9-13-10-26-19(5,6)21(13)17(24)27-18(2,3)4/h7-8,13H,9-10H2,1-6H3,(H,22,23)/t13-/m0/s1. The van der Waals surface area contributed by atoms with Crippen LogP contribution in [0.5, 0.6) is 5.75 Å². The minimum Gasteiger partial charge on any atom is -0.490 e. The first kappa shape index (κ1) is 21.3. The van der Waals surface area contributed by atoms with Gasteiger partial charge in [0.1, 0.15) is 23.7 Å². The van der Waals surface area contributed by atoms with Gasteiger partial charge in [0.2, 0.25) is 0 Å². The first-order chi connectivity index (χ1) is 12.3. The molecule has 8 heteroatoms. The Morgan fingerprint density at radius 2 is 2.00 bits per heavy atom. The summed E-state index contributed by atoms with van der Waals surface area (Å²) in [7, 11) is 0. The summed E-state index contributed by atoms with van der Waals surface area (Å²) in [4.78, 5) is 25.3. The molecule has 0 aromatic heterocycles. The van der Waals surface area contributed by atoms with E-state index in [0.29, 0.717) is 11.3 Å². The van der Waals surface area contributed by atoms with Gasteiger partial charge in [-0.15, -0.1) is 0 Å². The van der Waals surface area contributed by atoms with Gasteiger partial charge in [0.05, 0.1) is 23.2 Å². The second-order valence-electron chi connectivity index (χ2n) is 7.98. The van der Waals surface area contributed by atoms with Crippen LogP contribution in [0.2, 0.25) is 5.02 Å². The van der Waals surface area contributed by atoms with Crippen molar-refractivity contribution in [1.29, 1.82) is 0 Å². The molecule has 0 aliphatic carbocycles. The summed E-state index contributed by atoms with van der Waals surface area (Å²) in [6, 6.07) is 2.46. The van der Waals surface area contributed by atoms with Crippen molar-refractivity contribution in [3.8, 4) is 5.75 Å². The van der Waals surface area contributed by atoms with E-state index in [9.17, 15) is 9.59 Å². The zero-order valence-electron chi connectivity index (χ0n) is 16.5. The fourth-order valence-corrected chi connectivity index (χ4v) is 3.22. The summed E-state index contributed by atoms with van der Waals surface area (Å²) >= 11 is 6.18. The van der Waals surface area contributed by atoms with Gasteiger partial charge in [-0.1, -0.05) is 11.6 Å². The van der Waals surface area contributed by atoms with E-state index in [1.165, 1.54) is 17.0 Å². The molecule has 0 bridgehead atoms.